The number of hydrogen-bond acceptors (Lipinski definition) is 4. The van der Waals surface area contributed by atoms with Gasteiger partial charge >= 0.3 is 0 Å². The lowest BCUT2D eigenvalue weighted by Gasteiger charge is -2.07. The van der Waals surface area contributed by atoms with E-state index in [1.165, 1.54) is 4.90 Å². The molecule has 1 N–H and O–H groups in total. The van der Waals surface area contributed by atoms with Crippen LogP contribution in [0, 0.1) is 0 Å². The van der Waals surface area contributed by atoms with E-state index in [2.05, 4.69) is 59.8 Å². The normalized spacial score (nSPS) is 13.9. The van der Waals surface area contributed by atoms with Crippen LogP contribution in [0.3, 0.4) is 0 Å². The minimum absolute atomic E-state index is 0.433. The largest absolute Gasteiger partial charge is 0.318 e. The minimum Gasteiger partial charge on any atom is -0.318 e. The van der Waals surface area contributed by atoms with E-state index in [-0.39, 0.29) is 0 Å². The Morgan fingerprint density at radius 3 is 1.96 bits per heavy atom. The maximum absolute atomic E-state index is 11.4. The highest BCUT2D eigenvalue weighted by molar-refractivity contribution is 14.1. The fourth-order valence-corrected chi connectivity index (χ4v) is 3.62. The fraction of sp³-hybridized carbons (Fsp3) is 0.111. The molecule has 2 aliphatic heterocycles. The predicted molar refractivity (Wildman–Crippen MR) is 119 cm³/mol. The number of ketones is 2. The molecule has 2 aliphatic rings. The second kappa shape index (κ2) is 9.07. The molecule has 0 aromatic heterocycles. The zero-order valence-corrected chi connectivity index (χ0v) is 19.5. The molecule has 0 atom stereocenters. The molecule has 2 amide bonds. The molecule has 0 unspecified atom stereocenters. The van der Waals surface area contributed by atoms with Crippen molar-refractivity contribution >= 4 is 89.2 Å². The Labute approximate surface area is 186 Å². The average molecular weight is 608 g/mol. The van der Waals surface area contributed by atoms with E-state index in [1.807, 2.05) is 4.93 Å². The molecule has 4 rings (SSSR count). The molecular formula is C18H13Br2IN2O4. The third kappa shape index (κ3) is 4.14. The summed E-state index contributed by atoms with van der Waals surface area (Å²) in [5.74, 6) is -1.94. The number of fused-ring (bicyclic) bond motifs is 2. The molecule has 27 heavy (non-hydrogen) atoms. The van der Waals surface area contributed by atoms with Crippen LogP contribution in [-0.2, 0) is 9.59 Å². The molecular weight excluding hydrogens is 595 g/mol. The Bertz CT molecular complexity index is 962. The van der Waals surface area contributed by atoms with E-state index in [0.717, 1.165) is 0 Å². The highest BCUT2D eigenvalue weighted by Gasteiger charge is 2.34. The number of halogens is 3. The Morgan fingerprint density at radius 2 is 1.41 bits per heavy atom. The number of alkyl halides is 1. The fourth-order valence-electron chi connectivity index (χ4n) is 2.54. The van der Waals surface area contributed by atoms with E-state index in [4.69, 9.17) is 0 Å². The first-order valence-electron chi connectivity index (χ1n) is 7.45. The molecule has 0 spiro atoms. The highest BCUT2D eigenvalue weighted by Crippen LogP contribution is 2.33. The van der Waals surface area contributed by atoms with Crippen LogP contribution in [-0.4, -0.2) is 35.4 Å². The Balaban J connectivity index is 0.000000178. The number of carbonyl (C=O) groups is 4. The average Bonchev–Trinajstić information content (AvgIpc) is 3.08. The first-order valence-corrected chi connectivity index (χ1v) is 11.2. The van der Waals surface area contributed by atoms with Crippen molar-refractivity contribution in [3.05, 3.63) is 56.5 Å². The van der Waals surface area contributed by atoms with E-state index >= 15 is 0 Å². The van der Waals surface area contributed by atoms with Crippen LogP contribution in [0.2, 0.25) is 0 Å². The maximum atomic E-state index is 11.4. The summed E-state index contributed by atoms with van der Waals surface area (Å²) in [6, 6.07) is 10.5. The van der Waals surface area contributed by atoms with Crippen LogP contribution in [0.15, 0.2) is 45.3 Å². The quantitative estimate of drug-likeness (QED) is 0.276. The second-order valence-electron chi connectivity index (χ2n) is 5.27. The van der Waals surface area contributed by atoms with Crippen LogP contribution in [0.25, 0.3) is 0 Å². The third-order valence-corrected chi connectivity index (χ3v) is 5.10. The number of benzene rings is 2. The van der Waals surface area contributed by atoms with Crippen molar-refractivity contribution in [2.24, 2.45) is 0 Å². The van der Waals surface area contributed by atoms with Crippen LogP contribution in [0.5, 0.6) is 0 Å². The Kier molecular flexibility index (Phi) is 7.29. The summed E-state index contributed by atoms with van der Waals surface area (Å²) >= 11 is 8.60. The molecule has 0 fully saturated rings. The van der Waals surface area contributed by atoms with Gasteiger partial charge in [-0.1, -0.05) is 34.7 Å². The summed E-state index contributed by atoms with van der Waals surface area (Å²) in [4.78, 5) is 48.1. The van der Waals surface area contributed by atoms with Crippen molar-refractivity contribution in [2.75, 3.05) is 22.2 Å². The number of rotatable bonds is 0. The summed E-state index contributed by atoms with van der Waals surface area (Å²) in [6.07, 6.45) is 0. The summed E-state index contributed by atoms with van der Waals surface area (Å²) in [5.41, 5.74) is 2.15. The molecule has 0 radical (unpaired) electrons. The van der Waals surface area contributed by atoms with Gasteiger partial charge in [-0.2, -0.15) is 0 Å². The summed E-state index contributed by atoms with van der Waals surface area (Å²) in [5, 5.41) is 2.47. The summed E-state index contributed by atoms with van der Waals surface area (Å²) in [6.45, 7) is 0. The molecule has 6 nitrogen and oxygen atoms in total. The second-order valence-corrected chi connectivity index (χ2v) is 6.98. The topological polar surface area (TPSA) is 83.6 Å². The van der Waals surface area contributed by atoms with E-state index in [9.17, 15) is 19.2 Å². The number of Topliss-reactive ketones (excluding diaryl/α,β-unsaturated/α-hetero) is 2. The molecule has 0 saturated heterocycles. The lowest BCUT2D eigenvalue weighted by molar-refractivity contribution is -0.114. The predicted octanol–water partition coefficient (Wildman–Crippen LogP) is 4.24. The monoisotopic (exact) mass is 606 g/mol. The van der Waals surface area contributed by atoms with Gasteiger partial charge in [-0.05, 0) is 61.1 Å². The smallest absolute Gasteiger partial charge is 0.299 e. The zero-order chi connectivity index (χ0) is 20.3. The molecule has 0 saturated carbocycles. The molecule has 140 valence electrons. The first kappa shape index (κ1) is 21.7. The Hall–Kier alpha value is -1.59. The van der Waals surface area contributed by atoms with Crippen molar-refractivity contribution in [1.29, 1.82) is 0 Å². The summed E-state index contributed by atoms with van der Waals surface area (Å²) in [7, 11) is 1.60. The van der Waals surface area contributed by atoms with Gasteiger partial charge in [-0.15, -0.1) is 0 Å². The third-order valence-electron chi connectivity index (χ3n) is 3.77. The van der Waals surface area contributed by atoms with Crippen molar-refractivity contribution in [3.63, 3.8) is 0 Å². The van der Waals surface area contributed by atoms with Gasteiger partial charge in [0.05, 0.1) is 22.5 Å². The SMILES string of the molecule is CI.CN1C(=O)C(=O)c2c(Br)cccc21.O=C1Nc2cccc(Br)c2C1=O. The first-order chi connectivity index (χ1) is 12.8. The van der Waals surface area contributed by atoms with Crippen LogP contribution < -0.4 is 10.2 Å². The molecule has 2 heterocycles. The number of anilines is 2. The number of nitrogens with one attached hydrogen (secondary N) is 1. The van der Waals surface area contributed by atoms with E-state index in [0.29, 0.717) is 31.4 Å². The highest BCUT2D eigenvalue weighted by atomic mass is 127. The van der Waals surface area contributed by atoms with Crippen molar-refractivity contribution in [2.45, 2.75) is 0 Å². The van der Waals surface area contributed by atoms with Gasteiger partial charge in [0.25, 0.3) is 23.4 Å². The minimum atomic E-state index is -0.558. The Morgan fingerprint density at radius 1 is 0.852 bits per heavy atom. The lowest BCUT2D eigenvalue weighted by atomic mass is 10.1. The standard InChI is InChI=1S/C9H6BrNO2.C8H4BrNO2.CH3I/c1-11-6-4-2-3-5(10)7(6)8(12)9(11)13;9-4-2-1-3-5-6(4)7(11)8(12)10-5;1-2/h2-4H,1H3;1-3H,(H,10,11,12);1H3. The molecule has 2 aromatic rings. The van der Waals surface area contributed by atoms with E-state index < -0.39 is 23.4 Å². The molecule has 0 bridgehead atoms. The van der Waals surface area contributed by atoms with Gasteiger partial charge in [0.2, 0.25) is 0 Å². The van der Waals surface area contributed by atoms with Crippen LogP contribution in [0.4, 0.5) is 11.4 Å². The van der Waals surface area contributed by atoms with Crippen molar-refractivity contribution in [3.8, 4) is 0 Å². The van der Waals surface area contributed by atoms with Gasteiger partial charge in [-0.3, -0.25) is 19.2 Å². The summed E-state index contributed by atoms with van der Waals surface area (Å²) < 4.78 is 1.33. The number of nitrogens with zero attached hydrogens (tertiary/aromatic N) is 1. The number of hydrogen-bond donors (Lipinski definition) is 1. The van der Waals surface area contributed by atoms with Gasteiger partial charge in [0.1, 0.15) is 0 Å². The van der Waals surface area contributed by atoms with Gasteiger partial charge in [0.15, 0.2) is 0 Å². The van der Waals surface area contributed by atoms with Crippen molar-refractivity contribution in [1.82, 2.24) is 0 Å². The van der Waals surface area contributed by atoms with Gasteiger partial charge in [0, 0.05) is 16.0 Å². The molecule has 2 aromatic carbocycles. The zero-order valence-electron chi connectivity index (χ0n) is 14.2. The van der Waals surface area contributed by atoms with Crippen LogP contribution >= 0.6 is 54.5 Å². The van der Waals surface area contributed by atoms with E-state index in [1.54, 1.807) is 43.4 Å². The molecule has 9 heteroatoms. The maximum Gasteiger partial charge on any atom is 0.299 e. The van der Waals surface area contributed by atoms with Gasteiger partial charge < -0.3 is 10.2 Å². The van der Waals surface area contributed by atoms with Crippen molar-refractivity contribution < 1.29 is 19.2 Å². The number of likely N-dealkylation sites (N-methyl/N-ethyl adjacent to an activating group) is 1. The number of carbonyl (C=O) groups excluding carboxylic acids is 4. The number of amides is 2. The van der Waals surface area contributed by atoms with Crippen LogP contribution in [0.1, 0.15) is 20.7 Å². The van der Waals surface area contributed by atoms with Gasteiger partial charge in [-0.25, -0.2) is 0 Å². The molecule has 0 aliphatic carbocycles. The lowest BCUT2D eigenvalue weighted by Crippen LogP contribution is -2.24.